The van der Waals surface area contributed by atoms with E-state index in [1.165, 1.54) is 35.6 Å². The van der Waals surface area contributed by atoms with Crippen LogP contribution in [-0.2, 0) is 10.0 Å². The van der Waals surface area contributed by atoms with Gasteiger partial charge in [0, 0.05) is 35.3 Å². The molecule has 0 spiro atoms. The van der Waals surface area contributed by atoms with Crippen LogP contribution in [0.15, 0.2) is 45.8 Å². The van der Waals surface area contributed by atoms with Gasteiger partial charge in [-0.1, -0.05) is 0 Å². The molecule has 0 aliphatic carbocycles. The van der Waals surface area contributed by atoms with E-state index in [9.17, 15) is 13.2 Å². The molecule has 1 aliphatic heterocycles. The first-order chi connectivity index (χ1) is 13.2. The number of carbonyl (C=O) groups is 1. The zero-order valence-electron chi connectivity index (χ0n) is 15.7. The van der Waals surface area contributed by atoms with Gasteiger partial charge in [0.15, 0.2) is 11.5 Å². The van der Waals surface area contributed by atoms with Gasteiger partial charge in [0.2, 0.25) is 10.0 Å². The second-order valence-corrected chi connectivity index (χ2v) is 9.42. The number of sulfonamides is 1. The first-order valence-corrected chi connectivity index (χ1v) is 10.9. The highest BCUT2D eigenvalue weighted by Gasteiger charge is 2.23. The highest BCUT2D eigenvalue weighted by molar-refractivity contribution is 9.10. The molecule has 0 bridgehead atoms. The summed E-state index contributed by atoms with van der Waals surface area (Å²) in [6.45, 7) is 4.52. The highest BCUT2D eigenvalue weighted by Crippen LogP contribution is 2.38. The smallest absolute Gasteiger partial charge is 0.255 e. The van der Waals surface area contributed by atoms with Crippen molar-refractivity contribution >= 4 is 37.5 Å². The van der Waals surface area contributed by atoms with E-state index in [1.807, 2.05) is 0 Å². The van der Waals surface area contributed by atoms with Crippen molar-refractivity contribution in [1.29, 1.82) is 0 Å². The van der Waals surface area contributed by atoms with Gasteiger partial charge in [-0.2, -0.15) is 4.31 Å². The molecule has 0 aromatic heterocycles. The monoisotopic (exact) mass is 468 g/mol. The summed E-state index contributed by atoms with van der Waals surface area (Å²) in [5, 5.41) is 2.79. The summed E-state index contributed by atoms with van der Waals surface area (Å²) in [6.07, 6.45) is 0. The minimum absolute atomic E-state index is 0.140. The number of nitrogens with zero attached hydrogens (tertiary/aromatic N) is 1. The summed E-state index contributed by atoms with van der Waals surface area (Å²) in [6, 6.07) is 9.10. The minimum Gasteiger partial charge on any atom is -0.486 e. The van der Waals surface area contributed by atoms with E-state index in [0.717, 1.165) is 0 Å². The number of benzene rings is 2. The molecule has 2 aromatic rings. The summed E-state index contributed by atoms with van der Waals surface area (Å²) >= 11 is 3.41. The molecule has 150 valence electrons. The van der Waals surface area contributed by atoms with E-state index >= 15 is 0 Å². The van der Waals surface area contributed by atoms with E-state index in [2.05, 4.69) is 21.2 Å². The number of hydrogen-bond donors (Lipinski definition) is 1. The first-order valence-electron chi connectivity index (χ1n) is 8.68. The third-order valence-corrected chi connectivity index (χ3v) is 7.10. The van der Waals surface area contributed by atoms with Gasteiger partial charge < -0.3 is 14.8 Å². The molecule has 0 saturated heterocycles. The van der Waals surface area contributed by atoms with E-state index in [4.69, 9.17) is 9.47 Å². The van der Waals surface area contributed by atoms with Gasteiger partial charge >= 0.3 is 0 Å². The number of fused-ring (bicyclic) bond motifs is 1. The van der Waals surface area contributed by atoms with Crippen LogP contribution in [0.2, 0.25) is 0 Å². The number of hydrogen-bond acceptors (Lipinski definition) is 5. The van der Waals surface area contributed by atoms with E-state index < -0.39 is 10.0 Å². The predicted molar refractivity (Wildman–Crippen MR) is 110 cm³/mol. The van der Waals surface area contributed by atoms with Crippen molar-refractivity contribution in [2.75, 3.05) is 25.6 Å². The Kier molecular flexibility index (Phi) is 5.97. The van der Waals surface area contributed by atoms with Crippen molar-refractivity contribution in [1.82, 2.24) is 4.31 Å². The topological polar surface area (TPSA) is 84.9 Å². The molecular formula is C19H21BrN2O5S. The zero-order chi connectivity index (χ0) is 20.5. The Bertz CT molecular complexity index is 990. The van der Waals surface area contributed by atoms with E-state index in [-0.39, 0.29) is 16.8 Å². The second-order valence-electron chi connectivity index (χ2n) is 6.57. The van der Waals surface area contributed by atoms with E-state index in [1.54, 1.807) is 26.0 Å². The summed E-state index contributed by atoms with van der Waals surface area (Å²) in [5.74, 6) is 0.807. The Morgan fingerprint density at radius 3 is 2.25 bits per heavy atom. The molecule has 1 heterocycles. The molecule has 3 rings (SSSR count). The first kappa shape index (κ1) is 20.6. The third kappa shape index (κ3) is 4.16. The average molecular weight is 469 g/mol. The number of anilines is 1. The van der Waals surface area contributed by atoms with Crippen LogP contribution in [0, 0.1) is 0 Å². The largest absolute Gasteiger partial charge is 0.486 e. The number of ether oxygens (including phenoxy) is 2. The van der Waals surface area contributed by atoms with Crippen LogP contribution >= 0.6 is 15.9 Å². The molecule has 2 aromatic carbocycles. The molecule has 9 heteroatoms. The Labute approximate surface area is 172 Å². The Morgan fingerprint density at radius 1 is 1.11 bits per heavy atom. The molecule has 0 fully saturated rings. The van der Waals surface area contributed by atoms with Gasteiger partial charge in [0.25, 0.3) is 5.91 Å². The average Bonchev–Trinajstić information content (AvgIpc) is 2.67. The summed E-state index contributed by atoms with van der Waals surface area (Å²) < 4.78 is 38.0. The number of carbonyl (C=O) groups excluding carboxylic acids is 1. The molecule has 0 atom stereocenters. The lowest BCUT2D eigenvalue weighted by Crippen LogP contribution is -2.33. The van der Waals surface area contributed by atoms with Crippen LogP contribution in [-0.4, -0.2) is 44.9 Å². The fourth-order valence-corrected chi connectivity index (χ4v) is 4.37. The van der Waals surface area contributed by atoms with Gasteiger partial charge in [-0.05, 0) is 54.0 Å². The van der Waals surface area contributed by atoms with Gasteiger partial charge in [-0.25, -0.2) is 8.42 Å². The number of rotatable bonds is 5. The molecule has 1 amide bonds. The molecule has 28 heavy (non-hydrogen) atoms. The Morgan fingerprint density at radius 2 is 1.68 bits per heavy atom. The van der Waals surface area contributed by atoms with Crippen molar-refractivity contribution in [3.63, 3.8) is 0 Å². The lowest BCUT2D eigenvalue weighted by Gasteiger charge is -2.21. The maximum absolute atomic E-state index is 12.6. The van der Waals surface area contributed by atoms with Gasteiger partial charge in [-0.15, -0.1) is 0 Å². The predicted octanol–water partition coefficient (Wildman–Crippen LogP) is 3.50. The maximum Gasteiger partial charge on any atom is 0.255 e. The van der Waals surface area contributed by atoms with Crippen LogP contribution in [0.25, 0.3) is 0 Å². The zero-order valence-corrected chi connectivity index (χ0v) is 18.1. The van der Waals surface area contributed by atoms with Gasteiger partial charge in [0.05, 0.1) is 10.6 Å². The number of halogens is 1. The van der Waals surface area contributed by atoms with Crippen molar-refractivity contribution in [2.45, 2.75) is 24.8 Å². The van der Waals surface area contributed by atoms with Crippen LogP contribution < -0.4 is 14.8 Å². The number of amides is 1. The van der Waals surface area contributed by atoms with Crippen molar-refractivity contribution in [3.05, 3.63) is 46.4 Å². The molecule has 0 saturated carbocycles. The normalized spacial score (nSPS) is 13.6. The fourth-order valence-electron chi connectivity index (χ4n) is 2.58. The molecule has 7 nitrogen and oxygen atoms in total. The molecule has 1 N–H and O–H groups in total. The SMILES string of the molecule is CC(C)N(C)S(=O)(=O)c1ccc(C(=O)Nc2cc3c(cc2Br)OCCO3)cc1. The van der Waals surface area contributed by atoms with Crippen LogP contribution in [0.5, 0.6) is 11.5 Å². The third-order valence-electron chi connectivity index (χ3n) is 4.40. The van der Waals surface area contributed by atoms with Crippen LogP contribution in [0.4, 0.5) is 5.69 Å². The summed E-state index contributed by atoms with van der Waals surface area (Å²) in [4.78, 5) is 12.7. The molecule has 1 aliphatic rings. The standard InChI is InChI=1S/C19H21BrN2O5S/c1-12(2)22(3)28(24,25)14-6-4-13(5-7-14)19(23)21-16-11-18-17(10-15(16)20)26-8-9-27-18/h4-7,10-12H,8-9H2,1-3H3,(H,21,23). The van der Waals surface area contributed by atoms with Crippen molar-refractivity contribution < 1.29 is 22.7 Å². The van der Waals surface area contributed by atoms with Crippen LogP contribution in [0.1, 0.15) is 24.2 Å². The second kappa shape index (κ2) is 8.10. The number of nitrogens with one attached hydrogen (secondary N) is 1. The van der Waals surface area contributed by atoms with Crippen LogP contribution in [0.3, 0.4) is 0 Å². The summed E-state index contributed by atoms with van der Waals surface area (Å²) in [7, 11) is -2.07. The summed E-state index contributed by atoms with van der Waals surface area (Å²) in [5.41, 5.74) is 0.874. The van der Waals surface area contributed by atoms with Crippen molar-refractivity contribution in [3.8, 4) is 11.5 Å². The highest BCUT2D eigenvalue weighted by atomic mass is 79.9. The lowest BCUT2D eigenvalue weighted by molar-refractivity contribution is 0.102. The maximum atomic E-state index is 12.6. The Hall–Kier alpha value is -2.10. The molecule has 0 radical (unpaired) electrons. The fraction of sp³-hybridized carbons (Fsp3) is 0.316. The molecular weight excluding hydrogens is 448 g/mol. The Balaban J connectivity index is 1.79. The van der Waals surface area contributed by atoms with Gasteiger partial charge in [-0.3, -0.25) is 4.79 Å². The van der Waals surface area contributed by atoms with Gasteiger partial charge in [0.1, 0.15) is 13.2 Å². The van der Waals surface area contributed by atoms with E-state index in [0.29, 0.717) is 40.4 Å². The van der Waals surface area contributed by atoms with Crippen molar-refractivity contribution in [2.24, 2.45) is 0 Å². The quantitative estimate of drug-likeness (QED) is 0.725. The molecule has 0 unspecified atom stereocenters. The minimum atomic E-state index is -3.59. The lowest BCUT2D eigenvalue weighted by atomic mass is 10.2.